The lowest BCUT2D eigenvalue weighted by Gasteiger charge is -2.08. The van der Waals surface area contributed by atoms with Crippen LogP contribution in [0.25, 0.3) is 21.5 Å². The monoisotopic (exact) mass is 338 g/mol. The van der Waals surface area contributed by atoms with Crippen molar-refractivity contribution < 1.29 is 4.79 Å². The van der Waals surface area contributed by atoms with Gasteiger partial charge in [-0.2, -0.15) is 0 Å². The van der Waals surface area contributed by atoms with E-state index in [1.165, 1.54) is 32.7 Å². The van der Waals surface area contributed by atoms with E-state index in [0.717, 1.165) is 12.8 Å². The van der Waals surface area contributed by atoms with E-state index in [-0.39, 0.29) is 0 Å². The molecule has 0 unspecified atom stereocenters. The van der Waals surface area contributed by atoms with Crippen molar-refractivity contribution in [2.45, 2.75) is 25.7 Å². The third kappa shape index (κ3) is 3.52. The van der Waals surface area contributed by atoms with Gasteiger partial charge in [-0.25, -0.2) is 0 Å². The van der Waals surface area contributed by atoms with Crippen LogP contribution in [0.4, 0.5) is 0 Å². The van der Waals surface area contributed by atoms with Crippen molar-refractivity contribution in [2.75, 3.05) is 0 Å². The number of ketones is 1. The summed E-state index contributed by atoms with van der Waals surface area (Å²) in [6.07, 6.45) is 2.85. The lowest BCUT2D eigenvalue weighted by molar-refractivity contribution is -0.119. The molecule has 1 heteroatoms. The van der Waals surface area contributed by atoms with Crippen molar-refractivity contribution in [1.29, 1.82) is 0 Å². The van der Waals surface area contributed by atoms with Crippen molar-refractivity contribution in [3.05, 3.63) is 96.1 Å². The summed E-state index contributed by atoms with van der Waals surface area (Å²) in [4.78, 5) is 12.5. The molecule has 0 aliphatic heterocycles. The van der Waals surface area contributed by atoms with E-state index < -0.39 is 0 Å². The van der Waals surface area contributed by atoms with Crippen LogP contribution in [0.3, 0.4) is 0 Å². The molecule has 0 atom stereocenters. The third-order valence-corrected chi connectivity index (χ3v) is 5.11. The Labute approximate surface area is 154 Å². The Morgan fingerprint density at radius 1 is 0.538 bits per heavy atom. The predicted molar refractivity (Wildman–Crippen MR) is 110 cm³/mol. The zero-order valence-electron chi connectivity index (χ0n) is 14.8. The number of rotatable bonds is 6. The number of carbonyl (C=O) groups is 1. The highest BCUT2D eigenvalue weighted by molar-refractivity contribution is 5.88. The number of hydrogen-bond acceptors (Lipinski definition) is 1. The Bertz CT molecular complexity index is 966. The van der Waals surface area contributed by atoms with Gasteiger partial charge in [0.05, 0.1) is 0 Å². The van der Waals surface area contributed by atoms with E-state index in [1.807, 2.05) is 0 Å². The molecule has 0 aliphatic rings. The molecule has 0 saturated heterocycles. The van der Waals surface area contributed by atoms with E-state index in [0.29, 0.717) is 18.6 Å². The van der Waals surface area contributed by atoms with Gasteiger partial charge in [0.2, 0.25) is 0 Å². The summed E-state index contributed by atoms with van der Waals surface area (Å²) in [6, 6.07) is 29.5. The largest absolute Gasteiger partial charge is 0.300 e. The van der Waals surface area contributed by atoms with E-state index in [4.69, 9.17) is 0 Å². The van der Waals surface area contributed by atoms with E-state index in [1.54, 1.807) is 0 Å². The molecular weight excluding hydrogens is 316 g/mol. The normalized spacial score (nSPS) is 11.1. The first kappa shape index (κ1) is 16.5. The summed E-state index contributed by atoms with van der Waals surface area (Å²) in [6.45, 7) is 0. The topological polar surface area (TPSA) is 17.1 Å². The second-order valence-electron chi connectivity index (χ2n) is 6.82. The molecule has 0 spiro atoms. The molecular formula is C25H22O. The summed E-state index contributed by atoms with van der Waals surface area (Å²) in [5.74, 6) is 0.339. The summed E-state index contributed by atoms with van der Waals surface area (Å²) in [5, 5.41) is 5.01. The molecule has 26 heavy (non-hydrogen) atoms. The minimum Gasteiger partial charge on any atom is -0.300 e. The van der Waals surface area contributed by atoms with Gasteiger partial charge < -0.3 is 0 Å². The number of aryl methyl sites for hydroxylation is 2. The number of hydrogen-bond donors (Lipinski definition) is 0. The van der Waals surface area contributed by atoms with E-state index >= 15 is 0 Å². The smallest absolute Gasteiger partial charge is 0.133 e. The predicted octanol–water partition coefficient (Wildman–Crippen LogP) is 6.13. The minimum absolute atomic E-state index is 0.339. The summed E-state index contributed by atoms with van der Waals surface area (Å²) in [5.41, 5.74) is 2.53. The Kier molecular flexibility index (Phi) is 4.79. The fourth-order valence-corrected chi connectivity index (χ4v) is 3.69. The molecule has 0 radical (unpaired) electrons. The molecule has 0 amide bonds. The van der Waals surface area contributed by atoms with Gasteiger partial charge in [-0.3, -0.25) is 4.79 Å². The molecule has 4 rings (SSSR count). The maximum absolute atomic E-state index is 12.5. The molecule has 0 N–H and O–H groups in total. The zero-order valence-corrected chi connectivity index (χ0v) is 14.8. The van der Waals surface area contributed by atoms with E-state index in [2.05, 4.69) is 84.9 Å². The van der Waals surface area contributed by atoms with Gasteiger partial charge in [0.15, 0.2) is 0 Å². The second-order valence-corrected chi connectivity index (χ2v) is 6.82. The average Bonchev–Trinajstić information content (AvgIpc) is 2.70. The molecule has 0 aromatic heterocycles. The van der Waals surface area contributed by atoms with Gasteiger partial charge in [0.1, 0.15) is 5.78 Å². The first-order chi connectivity index (χ1) is 12.8. The van der Waals surface area contributed by atoms with Crippen LogP contribution in [-0.4, -0.2) is 5.78 Å². The zero-order chi connectivity index (χ0) is 17.8. The van der Waals surface area contributed by atoms with Gasteiger partial charge in [0, 0.05) is 12.8 Å². The average molecular weight is 338 g/mol. The van der Waals surface area contributed by atoms with Crippen LogP contribution in [0, 0.1) is 0 Å². The lowest BCUT2D eigenvalue weighted by Crippen LogP contribution is -2.03. The van der Waals surface area contributed by atoms with Gasteiger partial charge in [0.25, 0.3) is 0 Å². The van der Waals surface area contributed by atoms with Crippen molar-refractivity contribution in [2.24, 2.45) is 0 Å². The first-order valence-corrected chi connectivity index (χ1v) is 9.26. The highest BCUT2D eigenvalue weighted by atomic mass is 16.1. The fraction of sp³-hybridized carbons (Fsp3) is 0.160. The fourth-order valence-electron chi connectivity index (χ4n) is 3.69. The Morgan fingerprint density at radius 3 is 1.46 bits per heavy atom. The summed E-state index contributed by atoms with van der Waals surface area (Å²) >= 11 is 0. The molecule has 4 aromatic carbocycles. The molecule has 0 heterocycles. The molecule has 4 aromatic rings. The Morgan fingerprint density at radius 2 is 0.962 bits per heavy atom. The van der Waals surface area contributed by atoms with Crippen LogP contribution in [0.15, 0.2) is 84.9 Å². The number of benzene rings is 4. The molecule has 1 nitrogen and oxygen atoms in total. The van der Waals surface area contributed by atoms with Crippen LogP contribution in [0.1, 0.15) is 24.0 Å². The van der Waals surface area contributed by atoms with Crippen LogP contribution in [-0.2, 0) is 17.6 Å². The van der Waals surface area contributed by atoms with Gasteiger partial charge in [-0.15, -0.1) is 0 Å². The van der Waals surface area contributed by atoms with Crippen LogP contribution in [0.2, 0.25) is 0 Å². The molecule has 0 aliphatic carbocycles. The van der Waals surface area contributed by atoms with Crippen molar-refractivity contribution in [3.63, 3.8) is 0 Å². The highest BCUT2D eigenvalue weighted by Crippen LogP contribution is 2.22. The summed E-state index contributed by atoms with van der Waals surface area (Å²) in [7, 11) is 0. The number of fused-ring (bicyclic) bond motifs is 2. The van der Waals surface area contributed by atoms with E-state index in [9.17, 15) is 4.79 Å². The maximum Gasteiger partial charge on any atom is 0.133 e. The molecule has 0 bridgehead atoms. The minimum atomic E-state index is 0.339. The lowest BCUT2D eigenvalue weighted by atomic mass is 9.96. The summed E-state index contributed by atoms with van der Waals surface area (Å²) < 4.78 is 0. The van der Waals surface area contributed by atoms with Gasteiger partial charge in [-0.1, -0.05) is 84.9 Å². The van der Waals surface area contributed by atoms with Crippen LogP contribution in [0.5, 0.6) is 0 Å². The van der Waals surface area contributed by atoms with Crippen LogP contribution >= 0.6 is 0 Å². The standard InChI is InChI=1S/C25H22O/c26-23(17-15-21-11-5-9-19-7-1-3-13-24(19)21)18-16-22-12-6-10-20-8-2-4-14-25(20)22/h1-14H,15-18H2. The van der Waals surface area contributed by atoms with Crippen molar-refractivity contribution in [1.82, 2.24) is 0 Å². The number of carbonyl (C=O) groups excluding carboxylic acids is 1. The Hall–Kier alpha value is -2.93. The van der Waals surface area contributed by atoms with Gasteiger partial charge in [-0.05, 0) is 45.5 Å². The van der Waals surface area contributed by atoms with Crippen molar-refractivity contribution in [3.8, 4) is 0 Å². The molecule has 0 saturated carbocycles. The maximum atomic E-state index is 12.5. The quantitative estimate of drug-likeness (QED) is 0.413. The third-order valence-electron chi connectivity index (χ3n) is 5.11. The van der Waals surface area contributed by atoms with Crippen molar-refractivity contribution >= 4 is 27.3 Å². The molecule has 128 valence electrons. The highest BCUT2D eigenvalue weighted by Gasteiger charge is 2.07. The Balaban J connectivity index is 1.41. The van der Waals surface area contributed by atoms with Crippen LogP contribution < -0.4 is 0 Å². The number of Topliss-reactive ketones (excluding diaryl/α,β-unsaturated/α-hetero) is 1. The second kappa shape index (κ2) is 7.53. The van der Waals surface area contributed by atoms with Gasteiger partial charge >= 0.3 is 0 Å². The molecule has 0 fully saturated rings. The first-order valence-electron chi connectivity index (χ1n) is 9.26. The SMILES string of the molecule is O=C(CCc1cccc2ccccc12)CCc1cccc2ccccc12.